The van der Waals surface area contributed by atoms with Crippen molar-refractivity contribution in [1.82, 2.24) is 10.3 Å². The van der Waals surface area contributed by atoms with E-state index in [9.17, 15) is 4.79 Å². The van der Waals surface area contributed by atoms with Crippen LogP contribution < -0.4 is 15.0 Å². The molecule has 1 amide bonds. The van der Waals surface area contributed by atoms with Gasteiger partial charge in [0.1, 0.15) is 5.75 Å². The summed E-state index contributed by atoms with van der Waals surface area (Å²) < 4.78 is 6.72. The van der Waals surface area contributed by atoms with Crippen LogP contribution in [0.2, 0.25) is 0 Å². The predicted molar refractivity (Wildman–Crippen MR) is 104 cm³/mol. The van der Waals surface area contributed by atoms with Crippen molar-refractivity contribution in [2.45, 2.75) is 46.1 Å². The summed E-state index contributed by atoms with van der Waals surface area (Å²) in [6.45, 7) is 8.59. The van der Waals surface area contributed by atoms with Crippen LogP contribution in [-0.4, -0.2) is 36.6 Å². The number of aromatic nitrogens is 1. The zero-order valence-electron chi connectivity index (χ0n) is 15.2. The van der Waals surface area contributed by atoms with Crippen molar-refractivity contribution in [2.75, 3.05) is 24.6 Å². The van der Waals surface area contributed by atoms with E-state index in [1.165, 1.54) is 0 Å². The normalized spacial score (nSPS) is 16.8. The Morgan fingerprint density at radius 1 is 1.40 bits per heavy atom. The van der Waals surface area contributed by atoms with Gasteiger partial charge in [-0.25, -0.2) is 4.98 Å². The Kier molecular flexibility index (Phi) is 5.78. The maximum absolute atomic E-state index is 12.3. The first-order valence-electron chi connectivity index (χ1n) is 9.19. The summed E-state index contributed by atoms with van der Waals surface area (Å²) >= 11 is 1.70. The number of amides is 1. The largest absolute Gasteiger partial charge is 0.494 e. The molecule has 1 aromatic heterocycles. The third kappa shape index (κ3) is 4.24. The number of ether oxygens (including phenoxy) is 1. The monoisotopic (exact) mass is 361 g/mol. The molecule has 0 radical (unpaired) electrons. The molecule has 1 aliphatic heterocycles. The molecule has 1 saturated heterocycles. The second-order valence-electron chi connectivity index (χ2n) is 6.64. The molecule has 6 heteroatoms. The van der Waals surface area contributed by atoms with Crippen LogP contribution >= 0.6 is 11.3 Å². The van der Waals surface area contributed by atoms with Crippen LogP contribution in [0.5, 0.6) is 5.75 Å². The van der Waals surface area contributed by atoms with E-state index in [-0.39, 0.29) is 17.9 Å². The third-order valence-electron chi connectivity index (χ3n) is 4.80. The minimum Gasteiger partial charge on any atom is -0.494 e. The van der Waals surface area contributed by atoms with Crippen molar-refractivity contribution in [2.24, 2.45) is 5.92 Å². The summed E-state index contributed by atoms with van der Waals surface area (Å²) in [5.41, 5.74) is 1.01. The lowest BCUT2D eigenvalue weighted by Gasteiger charge is -2.31. The summed E-state index contributed by atoms with van der Waals surface area (Å²) in [5, 5.41) is 4.15. The molecule has 1 atom stereocenters. The molecule has 2 heterocycles. The van der Waals surface area contributed by atoms with Gasteiger partial charge in [-0.05, 0) is 51.3 Å². The van der Waals surface area contributed by atoms with Gasteiger partial charge in [0.15, 0.2) is 5.13 Å². The van der Waals surface area contributed by atoms with Gasteiger partial charge >= 0.3 is 0 Å². The first-order valence-corrected chi connectivity index (χ1v) is 10.0. The Labute approximate surface area is 153 Å². The van der Waals surface area contributed by atoms with Gasteiger partial charge in [0.25, 0.3) is 0 Å². The summed E-state index contributed by atoms with van der Waals surface area (Å²) in [4.78, 5) is 19.4. The zero-order valence-corrected chi connectivity index (χ0v) is 16.1. The van der Waals surface area contributed by atoms with Crippen molar-refractivity contribution in [3.63, 3.8) is 0 Å². The maximum Gasteiger partial charge on any atom is 0.223 e. The number of piperidine rings is 1. The molecular weight excluding hydrogens is 334 g/mol. The molecule has 1 aliphatic rings. The van der Waals surface area contributed by atoms with Crippen LogP contribution in [0.1, 0.15) is 40.0 Å². The molecule has 0 saturated carbocycles. The minimum absolute atomic E-state index is 0.129. The van der Waals surface area contributed by atoms with Crippen LogP contribution in [-0.2, 0) is 4.79 Å². The fourth-order valence-corrected chi connectivity index (χ4v) is 4.13. The van der Waals surface area contributed by atoms with E-state index < -0.39 is 0 Å². The van der Waals surface area contributed by atoms with E-state index in [1.54, 1.807) is 11.3 Å². The standard InChI is InChI=1S/C19H27N3O2S/c1-4-13(3)20-18(23)14-8-10-22(11-9-14)19-21-16-7-6-15(24-5-2)12-17(16)25-19/h6-7,12-14H,4-5,8-11H2,1-3H3,(H,20,23)/t13-/m1/s1. The molecule has 1 N–H and O–H groups in total. The van der Waals surface area contributed by atoms with E-state index in [0.717, 1.165) is 53.4 Å². The van der Waals surface area contributed by atoms with Gasteiger partial charge < -0.3 is 15.0 Å². The molecule has 3 rings (SSSR count). The quantitative estimate of drug-likeness (QED) is 0.850. The number of thiazole rings is 1. The van der Waals surface area contributed by atoms with E-state index in [1.807, 2.05) is 19.1 Å². The Hall–Kier alpha value is -1.82. The molecule has 0 spiro atoms. The van der Waals surface area contributed by atoms with Crippen LogP contribution in [0, 0.1) is 5.92 Å². The number of anilines is 1. The molecule has 0 bridgehead atoms. The molecule has 1 aromatic carbocycles. The first-order chi connectivity index (χ1) is 12.1. The Morgan fingerprint density at radius 3 is 2.84 bits per heavy atom. The topological polar surface area (TPSA) is 54.5 Å². The van der Waals surface area contributed by atoms with Gasteiger partial charge in [0.05, 0.1) is 16.8 Å². The number of rotatable bonds is 6. The number of carbonyl (C=O) groups is 1. The lowest BCUT2D eigenvalue weighted by molar-refractivity contribution is -0.126. The van der Waals surface area contributed by atoms with Gasteiger partial charge in [-0.2, -0.15) is 0 Å². The van der Waals surface area contributed by atoms with Gasteiger partial charge in [-0.3, -0.25) is 4.79 Å². The molecule has 2 aromatic rings. The van der Waals surface area contributed by atoms with Crippen molar-refractivity contribution in [1.29, 1.82) is 0 Å². The van der Waals surface area contributed by atoms with E-state index in [2.05, 4.69) is 30.1 Å². The number of carbonyl (C=O) groups excluding carboxylic acids is 1. The van der Waals surface area contributed by atoms with Crippen LogP contribution in [0.15, 0.2) is 18.2 Å². The molecule has 1 fully saturated rings. The van der Waals surface area contributed by atoms with Crippen molar-refractivity contribution >= 4 is 32.6 Å². The van der Waals surface area contributed by atoms with Crippen molar-refractivity contribution < 1.29 is 9.53 Å². The number of hydrogen-bond acceptors (Lipinski definition) is 5. The number of fused-ring (bicyclic) bond motifs is 1. The highest BCUT2D eigenvalue weighted by molar-refractivity contribution is 7.22. The first kappa shape index (κ1) is 18.0. The SMILES string of the molecule is CCOc1ccc2nc(N3CCC(C(=O)N[C@H](C)CC)CC3)sc2c1. The highest BCUT2D eigenvalue weighted by atomic mass is 32.1. The third-order valence-corrected chi connectivity index (χ3v) is 5.88. The molecule has 25 heavy (non-hydrogen) atoms. The highest BCUT2D eigenvalue weighted by Crippen LogP contribution is 2.33. The van der Waals surface area contributed by atoms with Gasteiger partial charge in [-0.15, -0.1) is 0 Å². The number of nitrogens with one attached hydrogen (secondary N) is 1. The lowest BCUT2D eigenvalue weighted by atomic mass is 9.96. The predicted octanol–water partition coefficient (Wildman–Crippen LogP) is 3.83. The van der Waals surface area contributed by atoms with Gasteiger partial charge in [-0.1, -0.05) is 18.3 Å². The van der Waals surface area contributed by atoms with Crippen LogP contribution in [0.3, 0.4) is 0 Å². The average Bonchev–Trinajstić information content (AvgIpc) is 3.05. The summed E-state index contributed by atoms with van der Waals surface area (Å²) in [6.07, 6.45) is 2.75. The molecule has 0 aliphatic carbocycles. The Bertz CT molecular complexity index is 723. The molecular formula is C19H27N3O2S. The van der Waals surface area contributed by atoms with E-state index in [0.29, 0.717) is 6.61 Å². The Balaban J connectivity index is 1.62. The van der Waals surface area contributed by atoms with E-state index >= 15 is 0 Å². The van der Waals surface area contributed by atoms with Crippen LogP contribution in [0.25, 0.3) is 10.2 Å². The second kappa shape index (κ2) is 8.04. The smallest absolute Gasteiger partial charge is 0.223 e. The minimum atomic E-state index is 0.129. The average molecular weight is 362 g/mol. The number of hydrogen-bond donors (Lipinski definition) is 1. The zero-order chi connectivity index (χ0) is 17.8. The summed E-state index contributed by atoms with van der Waals surface area (Å²) in [5.74, 6) is 1.23. The summed E-state index contributed by atoms with van der Waals surface area (Å²) in [7, 11) is 0. The van der Waals surface area contributed by atoms with Gasteiger partial charge in [0.2, 0.25) is 5.91 Å². The van der Waals surface area contributed by atoms with Gasteiger partial charge in [0, 0.05) is 25.0 Å². The molecule has 136 valence electrons. The summed E-state index contributed by atoms with van der Waals surface area (Å²) in [6, 6.07) is 6.31. The Morgan fingerprint density at radius 2 is 2.16 bits per heavy atom. The molecule has 5 nitrogen and oxygen atoms in total. The fourth-order valence-electron chi connectivity index (χ4n) is 3.08. The number of nitrogens with zero attached hydrogens (tertiary/aromatic N) is 2. The highest BCUT2D eigenvalue weighted by Gasteiger charge is 2.27. The van der Waals surface area contributed by atoms with Crippen molar-refractivity contribution in [3.05, 3.63) is 18.2 Å². The van der Waals surface area contributed by atoms with Crippen LogP contribution in [0.4, 0.5) is 5.13 Å². The second-order valence-corrected chi connectivity index (χ2v) is 7.65. The van der Waals surface area contributed by atoms with E-state index in [4.69, 9.17) is 9.72 Å². The number of benzene rings is 1. The molecule has 0 unspecified atom stereocenters. The van der Waals surface area contributed by atoms with Crippen molar-refractivity contribution in [3.8, 4) is 5.75 Å². The fraction of sp³-hybridized carbons (Fsp3) is 0.579. The maximum atomic E-state index is 12.3. The lowest BCUT2D eigenvalue weighted by Crippen LogP contribution is -2.43.